The lowest BCUT2D eigenvalue weighted by molar-refractivity contribution is 0.132. The van der Waals surface area contributed by atoms with Crippen LogP contribution in [-0.2, 0) is 9.47 Å². The summed E-state index contributed by atoms with van der Waals surface area (Å²) >= 11 is 0. The summed E-state index contributed by atoms with van der Waals surface area (Å²) in [6.07, 6.45) is 1.01. The van der Waals surface area contributed by atoms with E-state index in [4.69, 9.17) is 23.4 Å². The molecule has 2 heterocycles. The van der Waals surface area contributed by atoms with Crippen molar-refractivity contribution in [2.45, 2.75) is 41.0 Å². The average Bonchev–Trinajstić information content (AvgIpc) is 3.26. The Morgan fingerprint density at radius 3 is 2.67 bits per heavy atom. The maximum Gasteiger partial charge on any atom is 0.192 e. The number of ether oxygens (including phenoxy) is 4. The number of benzene rings is 2. The van der Waals surface area contributed by atoms with Crippen LogP contribution in [0.4, 0.5) is 11.4 Å². The molecule has 0 spiro atoms. The number of hydrogen-bond acceptors (Lipinski definition) is 8. The molecule has 0 atom stereocenters. The number of oxazole rings is 1. The van der Waals surface area contributed by atoms with Crippen molar-refractivity contribution in [3.63, 3.8) is 0 Å². The van der Waals surface area contributed by atoms with Gasteiger partial charge in [0.1, 0.15) is 30.2 Å². The standard InChI is InChI=1S/C28H39N3O5/c1-6-12-32-14-10-31-11-15-33-13-9-29-25-20(3)28-26(30-22(5)36-28)21(4)27(25)35-17-16-34-24-18-19(2)7-8-23(24)31/h7-8,18,29H,6,9-17H2,1-5H3. The predicted octanol–water partition coefficient (Wildman–Crippen LogP) is 5.19. The molecule has 0 fully saturated rings. The Morgan fingerprint density at radius 1 is 1.00 bits per heavy atom. The van der Waals surface area contributed by atoms with Crippen molar-refractivity contribution in [3.05, 3.63) is 40.8 Å². The van der Waals surface area contributed by atoms with Crippen LogP contribution in [0.25, 0.3) is 11.1 Å². The van der Waals surface area contributed by atoms with Crippen LogP contribution in [0, 0.1) is 27.7 Å². The van der Waals surface area contributed by atoms with Gasteiger partial charge in [-0.05, 0) is 44.9 Å². The molecule has 2 aromatic carbocycles. The number of hydrogen-bond donors (Lipinski definition) is 1. The summed E-state index contributed by atoms with van der Waals surface area (Å²) in [4.78, 5) is 6.87. The first kappa shape index (κ1) is 26.1. The highest BCUT2D eigenvalue weighted by Gasteiger charge is 2.21. The van der Waals surface area contributed by atoms with Crippen molar-refractivity contribution in [2.75, 3.05) is 69.5 Å². The zero-order valence-corrected chi connectivity index (χ0v) is 22.2. The third kappa shape index (κ3) is 6.05. The fraction of sp³-hybridized carbons (Fsp3) is 0.536. The van der Waals surface area contributed by atoms with E-state index in [2.05, 4.69) is 47.2 Å². The van der Waals surface area contributed by atoms with Gasteiger partial charge in [0.2, 0.25) is 0 Å². The van der Waals surface area contributed by atoms with Gasteiger partial charge in [-0.1, -0.05) is 13.0 Å². The van der Waals surface area contributed by atoms with E-state index in [1.54, 1.807) is 0 Å². The SMILES string of the molecule is CCCOCCN1CCOCCNc2c(c(C)c3nc(C)oc3c2C)OCCOc2cc(C)ccc21. The number of aryl methyl sites for hydroxylation is 4. The van der Waals surface area contributed by atoms with Crippen molar-refractivity contribution in [2.24, 2.45) is 0 Å². The minimum Gasteiger partial charge on any atom is -0.488 e. The summed E-state index contributed by atoms with van der Waals surface area (Å²) in [7, 11) is 0. The molecule has 8 nitrogen and oxygen atoms in total. The van der Waals surface area contributed by atoms with Crippen molar-refractivity contribution >= 4 is 22.5 Å². The van der Waals surface area contributed by atoms with Crippen LogP contribution in [0.5, 0.6) is 11.5 Å². The fourth-order valence-corrected chi connectivity index (χ4v) is 4.50. The second kappa shape index (κ2) is 12.3. The minimum atomic E-state index is 0.404. The van der Waals surface area contributed by atoms with Gasteiger partial charge in [-0.3, -0.25) is 0 Å². The molecule has 8 heteroatoms. The van der Waals surface area contributed by atoms with Crippen LogP contribution < -0.4 is 19.7 Å². The Bertz CT molecular complexity index is 1160. The second-order valence-corrected chi connectivity index (χ2v) is 9.17. The highest BCUT2D eigenvalue weighted by atomic mass is 16.5. The van der Waals surface area contributed by atoms with Gasteiger partial charge in [-0.25, -0.2) is 4.98 Å². The topological polar surface area (TPSA) is 78.2 Å². The first-order valence-electron chi connectivity index (χ1n) is 12.9. The van der Waals surface area contributed by atoms with Crippen LogP contribution in [0.1, 0.15) is 35.9 Å². The molecule has 3 aromatic rings. The van der Waals surface area contributed by atoms with Crippen LogP contribution in [-0.4, -0.2) is 64.3 Å². The van der Waals surface area contributed by atoms with E-state index in [1.165, 1.54) is 0 Å². The van der Waals surface area contributed by atoms with E-state index in [9.17, 15) is 0 Å². The summed E-state index contributed by atoms with van der Waals surface area (Å²) in [6, 6.07) is 6.32. The molecule has 36 heavy (non-hydrogen) atoms. The lowest BCUT2D eigenvalue weighted by Crippen LogP contribution is -2.32. The number of nitrogens with zero attached hydrogens (tertiary/aromatic N) is 2. The maximum absolute atomic E-state index is 6.31. The van der Waals surface area contributed by atoms with E-state index in [0.29, 0.717) is 45.5 Å². The van der Waals surface area contributed by atoms with Gasteiger partial charge in [0.05, 0.1) is 31.2 Å². The Kier molecular flexibility index (Phi) is 8.93. The molecule has 1 aliphatic heterocycles. The van der Waals surface area contributed by atoms with Gasteiger partial charge in [-0.15, -0.1) is 0 Å². The maximum atomic E-state index is 6.31. The minimum absolute atomic E-state index is 0.404. The molecule has 1 N–H and O–H groups in total. The van der Waals surface area contributed by atoms with Gasteiger partial charge in [0, 0.05) is 44.3 Å². The van der Waals surface area contributed by atoms with Crippen LogP contribution in [0.2, 0.25) is 0 Å². The molecule has 1 aliphatic rings. The van der Waals surface area contributed by atoms with Crippen LogP contribution in [0.3, 0.4) is 0 Å². The normalized spacial score (nSPS) is 15.2. The number of nitrogens with one attached hydrogen (secondary N) is 1. The lowest BCUT2D eigenvalue weighted by atomic mass is 10.1. The average molecular weight is 498 g/mol. The molecule has 0 radical (unpaired) electrons. The summed E-state index contributed by atoms with van der Waals surface area (Å²) < 4.78 is 30.3. The molecule has 0 unspecified atom stereocenters. The van der Waals surface area contributed by atoms with Crippen molar-refractivity contribution < 1.29 is 23.4 Å². The molecule has 0 saturated heterocycles. The van der Waals surface area contributed by atoms with Gasteiger partial charge in [0.15, 0.2) is 11.5 Å². The number of aromatic nitrogens is 1. The predicted molar refractivity (Wildman–Crippen MR) is 143 cm³/mol. The van der Waals surface area contributed by atoms with Crippen LogP contribution in [0.15, 0.2) is 22.6 Å². The molecule has 0 aliphatic carbocycles. The Labute approximate surface area is 213 Å². The molecule has 0 bridgehead atoms. The van der Waals surface area contributed by atoms with Gasteiger partial charge in [-0.2, -0.15) is 0 Å². The Balaban J connectivity index is 1.58. The summed E-state index contributed by atoms with van der Waals surface area (Å²) in [5.41, 5.74) is 6.68. The van der Waals surface area contributed by atoms with E-state index in [0.717, 1.165) is 76.8 Å². The van der Waals surface area contributed by atoms with Crippen molar-refractivity contribution in [3.8, 4) is 11.5 Å². The third-order valence-corrected chi connectivity index (χ3v) is 6.32. The van der Waals surface area contributed by atoms with Gasteiger partial charge in [0.25, 0.3) is 0 Å². The second-order valence-electron chi connectivity index (χ2n) is 9.17. The summed E-state index contributed by atoms with van der Waals surface area (Å²) in [5.74, 6) is 2.27. The molecule has 0 amide bonds. The molecule has 0 saturated carbocycles. The van der Waals surface area contributed by atoms with E-state index < -0.39 is 0 Å². The monoisotopic (exact) mass is 497 g/mol. The smallest absolute Gasteiger partial charge is 0.192 e. The van der Waals surface area contributed by atoms with Gasteiger partial charge < -0.3 is 33.6 Å². The molecule has 196 valence electrons. The fourth-order valence-electron chi connectivity index (χ4n) is 4.50. The Hall–Kier alpha value is -2.97. The highest BCUT2D eigenvalue weighted by molar-refractivity contribution is 5.90. The zero-order valence-electron chi connectivity index (χ0n) is 22.2. The number of fused-ring (bicyclic) bond motifs is 3. The zero-order chi connectivity index (χ0) is 25.5. The Morgan fingerprint density at radius 2 is 1.83 bits per heavy atom. The van der Waals surface area contributed by atoms with E-state index in [1.807, 2.05) is 20.8 Å². The van der Waals surface area contributed by atoms with Crippen molar-refractivity contribution in [1.82, 2.24) is 4.98 Å². The summed E-state index contributed by atoms with van der Waals surface area (Å²) in [5, 5.41) is 3.52. The largest absolute Gasteiger partial charge is 0.488 e. The first-order valence-corrected chi connectivity index (χ1v) is 12.9. The third-order valence-electron chi connectivity index (χ3n) is 6.32. The van der Waals surface area contributed by atoms with Gasteiger partial charge >= 0.3 is 0 Å². The van der Waals surface area contributed by atoms with Crippen molar-refractivity contribution in [1.29, 1.82) is 0 Å². The number of anilines is 2. The van der Waals surface area contributed by atoms with E-state index >= 15 is 0 Å². The molecular formula is C28H39N3O5. The number of rotatable bonds is 5. The highest BCUT2D eigenvalue weighted by Crippen LogP contribution is 2.39. The molecular weight excluding hydrogens is 458 g/mol. The quantitative estimate of drug-likeness (QED) is 0.482. The lowest BCUT2D eigenvalue weighted by Gasteiger charge is -2.27. The first-order chi connectivity index (χ1) is 17.5. The van der Waals surface area contributed by atoms with Crippen LogP contribution >= 0.6 is 0 Å². The molecule has 4 rings (SSSR count). The molecule has 1 aromatic heterocycles. The summed E-state index contributed by atoms with van der Waals surface area (Å²) in [6.45, 7) is 15.7. The van der Waals surface area contributed by atoms with E-state index in [-0.39, 0.29) is 0 Å².